The molecule has 327 valence electrons. The standard InChI is InChI=1S/C26H31.C20H12F9.C2H7Si.2ClH.Zr/c1-18-8-10-19(11-9-18)22-16-21-6-5-7-24(25(21)17-22)20-12-14-23(15-13-20)26(2,3)4;1-11-9-13-3-2-4-15(16(13)10-11)12-5-7-14(8-6-12)17(18(21,22)23,19(24,25)26)20(27,28)29;1-3-2;;;/h5-7,12-19H,8-11H2,1-4H3;2-10H,1H3;3H,1-2H3;2*1H;/q;;;;;+2/p-2. The molecule has 0 nitrogen and oxygen atoms in total. The number of halogens is 11. The molecule has 61 heavy (non-hydrogen) atoms. The number of hydrogen-bond donors (Lipinski definition) is 0. The number of allylic oxidation sites excluding steroid dienone is 2. The molecule has 4 aromatic carbocycles. The van der Waals surface area contributed by atoms with Crippen LogP contribution >= 0.6 is 17.0 Å². The Kier molecular flexibility index (Phi) is 11.8. The zero-order chi connectivity index (χ0) is 44.9. The summed E-state index contributed by atoms with van der Waals surface area (Å²) in [4.78, 5) is 0. The zero-order valence-electron chi connectivity index (χ0n) is 35.1. The molecule has 3 aliphatic carbocycles. The predicted octanol–water partition coefficient (Wildman–Crippen LogP) is 16.6. The van der Waals surface area contributed by atoms with E-state index < -0.39 is 51.0 Å². The fraction of sp³-hybridized carbons (Fsp3) is 0.417. The molecule has 0 heterocycles. The van der Waals surface area contributed by atoms with Gasteiger partial charge >= 0.3 is 364 Å². The predicted molar refractivity (Wildman–Crippen MR) is 231 cm³/mol. The van der Waals surface area contributed by atoms with Gasteiger partial charge in [-0.2, -0.15) is 0 Å². The fourth-order valence-corrected chi connectivity index (χ4v) is 42.6. The van der Waals surface area contributed by atoms with Gasteiger partial charge in [-0.3, -0.25) is 0 Å². The molecule has 0 saturated heterocycles. The van der Waals surface area contributed by atoms with Gasteiger partial charge in [-0.05, 0) is 0 Å². The van der Waals surface area contributed by atoms with Crippen molar-refractivity contribution in [1.29, 1.82) is 0 Å². The van der Waals surface area contributed by atoms with Gasteiger partial charge in [0.2, 0.25) is 0 Å². The van der Waals surface area contributed by atoms with Crippen molar-refractivity contribution in [2.24, 2.45) is 11.8 Å². The van der Waals surface area contributed by atoms with E-state index in [-0.39, 0.29) is 36.3 Å². The molecule has 0 amide bonds. The van der Waals surface area contributed by atoms with Crippen LogP contribution in [0.15, 0.2) is 96.1 Å². The van der Waals surface area contributed by atoms with Gasteiger partial charge in [0.25, 0.3) is 0 Å². The molecule has 4 aromatic rings. The van der Waals surface area contributed by atoms with Gasteiger partial charge in [0.05, 0.1) is 0 Å². The third kappa shape index (κ3) is 7.39. The van der Waals surface area contributed by atoms with E-state index in [9.17, 15) is 39.5 Å². The van der Waals surface area contributed by atoms with Crippen LogP contribution in [0.4, 0.5) is 39.5 Å². The van der Waals surface area contributed by atoms with Gasteiger partial charge in [0, 0.05) is 0 Å². The first kappa shape index (κ1) is 46.4. The minimum absolute atomic E-state index is 0.0153. The Morgan fingerprint density at radius 3 is 1.43 bits per heavy atom. The van der Waals surface area contributed by atoms with Crippen LogP contribution in [-0.4, -0.2) is 24.5 Å². The number of rotatable bonds is 7. The Bertz CT molecular complexity index is 2340. The quantitative estimate of drug-likeness (QED) is 0.128. The van der Waals surface area contributed by atoms with Crippen LogP contribution in [0.1, 0.15) is 101 Å². The number of fused-ring (bicyclic) bond motifs is 2. The van der Waals surface area contributed by atoms with Crippen molar-refractivity contribution < 1.29 is 55.1 Å². The normalized spacial score (nSPS) is 22.0. The molecule has 2 atom stereocenters. The maximum atomic E-state index is 14.0. The molecule has 0 aliphatic heterocycles. The SMILES string of the molecule is CC1=Cc2c(-c3ccc(C(C(F)(F)F)(C(F)(F)F)C(F)(F)F)cc3)cccc2[CH]1[Zr]([Cl])([Cl])([CH]1C(C2CCC(C)CC2)=Cc2c(-c3ccc(C(C)(C)C)cc3)cccc21)[SiH](C)C. The summed E-state index contributed by atoms with van der Waals surface area (Å²) in [6.07, 6.45) is -11.6. The van der Waals surface area contributed by atoms with Crippen molar-refractivity contribution >= 4 is 35.1 Å². The Hall–Kier alpha value is -2.59. The molecule has 2 unspecified atom stereocenters. The van der Waals surface area contributed by atoms with Crippen molar-refractivity contribution in [3.8, 4) is 22.3 Å². The third-order valence-corrected chi connectivity index (χ3v) is 66.0. The summed E-state index contributed by atoms with van der Waals surface area (Å²) in [5.74, 6) is -1.14. The molecular weight excluding hydrogens is 938 g/mol. The van der Waals surface area contributed by atoms with Crippen LogP contribution in [0.3, 0.4) is 0 Å². The first-order valence-electron chi connectivity index (χ1n) is 20.8. The first-order valence-corrected chi connectivity index (χ1v) is 37.1. The Labute approximate surface area is 361 Å². The molecule has 13 heteroatoms. The Balaban J connectivity index is 1.38. The minimum atomic E-state index is -6.71. The second kappa shape index (κ2) is 15.5. The second-order valence-electron chi connectivity index (χ2n) is 19.0. The Morgan fingerprint density at radius 2 is 1.00 bits per heavy atom. The second-order valence-corrected chi connectivity index (χ2v) is 61.5. The van der Waals surface area contributed by atoms with Crippen molar-refractivity contribution in [3.05, 3.63) is 129 Å². The first-order chi connectivity index (χ1) is 28.1. The molecule has 0 radical (unpaired) electrons. The van der Waals surface area contributed by atoms with Gasteiger partial charge < -0.3 is 0 Å². The van der Waals surface area contributed by atoms with Crippen LogP contribution in [0, 0.1) is 11.8 Å². The summed E-state index contributed by atoms with van der Waals surface area (Å²) >= 11 is -5.35. The van der Waals surface area contributed by atoms with E-state index in [1.54, 1.807) is 12.1 Å². The molecular formula is C48H50Cl2F9SiZr. The van der Waals surface area contributed by atoms with Gasteiger partial charge in [0.1, 0.15) is 0 Å². The van der Waals surface area contributed by atoms with Gasteiger partial charge in [-0.15, -0.1) is 0 Å². The molecule has 3 aliphatic rings. The monoisotopic (exact) mass is 985 g/mol. The topological polar surface area (TPSA) is 0 Å². The van der Waals surface area contributed by atoms with E-state index in [1.807, 2.05) is 19.1 Å². The van der Waals surface area contributed by atoms with Crippen LogP contribution in [0.25, 0.3) is 34.4 Å². The molecule has 0 bridgehead atoms. The van der Waals surface area contributed by atoms with Crippen molar-refractivity contribution in [3.63, 3.8) is 0 Å². The summed E-state index contributed by atoms with van der Waals surface area (Å²) in [6.45, 7) is 15.3. The van der Waals surface area contributed by atoms with Crippen LogP contribution in [0.5, 0.6) is 0 Å². The molecule has 0 N–H and O–H groups in total. The van der Waals surface area contributed by atoms with Crippen LogP contribution in [-0.2, 0) is 26.4 Å². The van der Waals surface area contributed by atoms with Gasteiger partial charge in [-0.1, -0.05) is 0 Å². The number of hydrogen-bond acceptors (Lipinski definition) is 0. The Morgan fingerprint density at radius 1 is 0.574 bits per heavy atom. The molecule has 1 fully saturated rings. The van der Waals surface area contributed by atoms with E-state index in [2.05, 4.69) is 89.3 Å². The summed E-state index contributed by atoms with van der Waals surface area (Å²) in [7, 11) is 17.3. The van der Waals surface area contributed by atoms with E-state index in [0.717, 1.165) is 71.2 Å². The van der Waals surface area contributed by atoms with Crippen molar-refractivity contribution in [1.82, 2.24) is 0 Å². The van der Waals surface area contributed by atoms with E-state index >= 15 is 0 Å². The number of benzene rings is 4. The van der Waals surface area contributed by atoms with Crippen molar-refractivity contribution in [2.75, 3.05) is 0 Å². The molecule has 0 spiro atoms. The summed E-state index contributed by atoms with van der Waals surface area (Å²) in [5, 5.41) is 0. The van der Waals surface area contributed by atoms with E-state index in [0.29, 0.717) is 17.0 Å². The molecule has 0 aromatic heterocycles. The third-order valence-electron chi connectivity index (χ3n) is 14.0. The fourth-order valence-electron chi connectivity index (χ4n) is 10.6. The maximum absolute atomic E-state index is 14.0. The van der Waals surface area contributed by atoms with Gasteiger partial charge in [0.15, 0.2) is 0 Å². The zero-order valence-corrected chi connectivity index (χ0v) is 40.2. The summed E-state index contributed by atoms with van der Waals surface area (Å²) < 4.78 is 126. The van der Waals surface area contributed by atoms with Crippen LogP contribution in [0.2, 0.25) is 13.1 Å². The van der Waals surface area contributed by atoms with Gasteiger partial charge in [-0.25, -0.2) is 0 Å². The average Bonchev–Trinajstić information content (AvgIpc) is 3.72. The van der Waals surface area contributed by atoms with Crippen LogP contribution < -0.4 is 0 Å². The van der Waals surface area contributed by atoms with E-state index in [1.165, 1.54) is 11.1 Å². The molecule has 7 rings (SSSR count). The molecule has 1 saturated carbocycles. The number of alkyl halides is 9. The van der Waals surface area contributed by atoms with Crippen molar-refractivity contribution in [2.45, 2.75) is 110 Å². The summed E-state index contributed by atoms with van der Waals surface area (Å²) in [5.41, 5.74) is 1.93. The van der Waals surface area contributed by atoms with E-state index in [4.69, 9.17) is 17.0 Å². The average molecular weight is 988 g/mol. The summed E-state index contributed by atoms with van der Waals surface area (Å²) in [6, 6.07) is 22.8.